The summed E-state index contributed by atoms with van der Waals surface area (Å²) in [5.41, 5.74) is 1.11. The summed E-state index contributed by atoms with van der Waals surface area (Å²) in [5, 5.41) is 10.6. The van der Waals surface area contributed by atoms with Gasteiger partial charge in [0, 0.05) is 13.1 Å². The lowest BCUT2D eigenvalue weighted by molar-refractivity contribution is 0.283. The topological polar surface area (TPSA) is 36.4 Å². The van der Waals surface area contributed by atoms with Crippen LogP contribution >= 0.6 is 11.3 Å². The van der Waals surface area contributed by atoms with Crippen LogP contribution in [0.5, 0.6) is 0 Å². The molecule has 1 aliphatic rings. The summed E-state index contributed by atoms with van der Waals surface area (Å²) in [6, 6.07) is 0. The molecule has 4 heteroatoms. The van der Waals surface area contributed by atoms with Crippen molar-refractivity contribution in [1.82, 2.24) is 4.98 Å². The molecule has 1 N–H and O–H groups in total. The molecule has 19 heavy (non-hydrogen) atoms. The van der Waals surface area contributed by atoms with Gasteiger partial charge in [-0.25, -0.2) is 4.98 Å². The van der Waals surface area contributed by atoms with Crippen molar-refractivity contribution in [3.05, 3.63) is 10.6 Å². The van der Waals surface area contributed by atoms with E-state index in [1.165, 1.54) is 19.3 Å². The minimum absolute atomic E-state index is 0.123. The van der Waals surface area contributed by atoms with E-state index in [1.807, 2.05) is 0 Å². The zero-order chi connectivity index (χ0) is 13.8. The highest BCUT2D eigenvalue weighted by Crippen LogP contribution is 2.34. The zero-order valence-electron chi connectivity index (χ0n) is 12.4. The molecule has 0 aromatic carbocycles. The van der Waals surface area contributed by atoms with Gasteiger partial charge in [-0.05, 0) is 38.0 Å². The fourth-order valence-electron chi connectivity index (χ4n) is 2.51. The Hall–Kier alpha value is -0.610. The average molecular weight is 282 g/mol. The molecule has 1 aliphatic carbocycles. The monoisotopic (exact) mass is 282 g/mol. The Morgan fingerprint density at radius 3 is 2.63 bits per heavy atom. The predicted octanol–water partition coefficient (Wildman–Crippen LogP) is 3.78. The first-order chi connectivity index (χ1) is 9.19. The van der Waals surface area contributed by atoms with Crippen LogP contribution in [0.4, 0.5) is 5.13 Å². The molecule has 0 bridgehead atoms. The molecule has 1 atom stereocenters. The van der Waals surface area contributed by atoms with Gasteiger partial charge < -0.3 is 10.0 Å². The van der Waals surface area contributed by atoms with E-state index in [0.29, 0.717) is 5.92 Å². The van der Waals surface area contributed by atoms with E-state index < -0.39 is 0 Å². The van der Waals surface area contributed by atoms with Crippen molar-refractivity contribution in [2.24, 2.45) is 5.92 Å². The van der Waals surface area contributed by atoms with Crippen LogP contribution in [0.3, 0.4) is 0 Å². The number of aromatic nitrogens is 1. The van der Waals surface area contributed by atoms with Gasteiger partial charge in [-0.2, -0.15) is 0 Å². The first-order valence-electron chi connectivity index (χ1n) is 7.54. The van der Waals surface area contributed by atoms with Gasteiger partial charge in [0.25, 0.3) is 0 Å². The van der Waals surface area contributed by atoms with Crippen molar-refractivity contribution >= 4 is 16.5 Å². The number of thiazole rings is 1. The Labute approximate surface area is 120 Å². The lowest BCUT2D eigenvalue weighted by atomic mass is 9.85. The van der Waals surface area contributed by atoms with Crippen molar-refractivity contribution in [1.29, 1.82) is 0 Å². The summed E-state index contributed by atoms with van der Waals surface area (Å²) in [4.78, 5) is 8.26. The Balaban J connectivity index is 2.14. The number of nitrogens with zero attached hydrogens (tertiary/aromatic N) is 2. The molecule has 1 aromatic heterocycles. The van der Waals surface area contributed by atoms with Crippen molar-refractivity contribution in [3.63, 3.8) is 0 Å². The van der Waals surface area contributed by atoms with Crippen LogP contribution in [-0.2, 0) is 6.61 Å². The third-order valence-electron chi connectivity index (χ3n) is 4.29. The van der Waals surface area contributed by atoms with Gasteiger partial charge in [-0.3, -0.25) is 0 Å². The predicted molar refractivity (Wildman–Crippen MR) is 82.0 cm³/mol. The Morgan fingerprint density at radius 2 is 2.16 bits per heavy atom. The molecule has 0 aliphatic heterocycles. The van der Waals surface area contributed by atoms with Crippen LogP contribution in [0.25, 0.3) is 0 Å². The van der Waals surface area contributed by atoms with Gasteiger partial charge in [-0.1, -0.05) is 31.6 Å². The molecule has 1 aromatic rings. The highest BCUT2D eigenvalue weighted by atomic mass is 32.1. The van der Waals surface area contributed by atoms with Crippen LogP contribution in [0.2, 0.25) is 0 Å². The van der Waals surface area contributed by atoms with Gasteiger partial charge in [0.2, 0.25) is 0 Å². The van der Waals surface area contributed by atoms with E-state index in [-0.39, 0.29) is 6.61 Å². The van der Waals surface area contributed by atoms with Gasteiger partial charge in [0.15, 0.2) is 5.13 Å². The summed E-state index contributed by atoms with van der Waals surface area (Å²) in [5.74, 6) is 1.29. The highest BCUT2D eigenvalue weighted by Gasteiger charge is 2.23. The average Bonchev–Trinajstić information content (AvgIpc) is 2.80. The van der Waals surface area contributed by atoms with E-state index in [0.717, 1.165) is 41.1 Å². The van der Waals surface area contributed by atoms with E-state index in [1.54, 1.807) is 11.3 Å². The van der Waals surface area contributed by atoms with Crippen LogP contribution in [-0.4, -0.2) is 23.2 Å². The number of rotatable bonds is 7. The van der Waals surface area contributed by atoms with Crippen LogP contribution in [0, 0.1) is 5.92 Å². The summed E-state index contributed by atoms with van der Waals surface area (Å²) in [6.45, 7) is 8.83. The van der Waals surface area contributed by atoms with Gasteiger partial charge in [-0.15, -0.1) is 0 Å². The lowest BCUT2D eigenvalue weighted by Gasteiger charge is -2.31. The molecule has 3 nitrogen and oxygen atoms in total. The second kappa shape index (κ2) is 6.71. The third-order valence-corrected chi connectivity index (χ3v) is 5.41. The normalized spacial score (nSPS) is 17.3. The first kappa shape index (κ1) is 14.8. The summed E-state index contributed by atoms with van der Waals surface area (Å²) < 4.78 is 0. The molecular formula is C15H26N2OS. The van der Waals surface area contributed by atoms with Crippen molar-refractivity contribution in [3.8, 4) is 0 Å². The van der Waals surface area contributed by atoms with E-state index in [9.17, 15) is 5.11 Å². The molecule has 1 unspecified atom stereocenters. The zero-order valence-corrected chi connectivity index (χ0v) is 13.2. The number of anilines is 1. The summed E-state index contributed by atoms with van der Waals surface area (Å²) in [6.07, 6.45) is 5.20. The minimum Gasteiger partial charge on any atom is -0.391 e. The SMILES string of the molecule is CCC(C)c1nc(N(CC)CC2CCC2)sc1CO. The van der Waals surface area contributed by atoms with E-state index in [2.05, 4.69) is 25.7 Å². The van der Waals surface area contributed by atoms with Gasteiger partial charge >= 0.3 is 0 Å². The smallest absolute Gasteiger partial charge is 0.185 e. The molecule has 1 saturated carbocycles. The van der Waals surface area contributed by atoms with Crippen molar-refractivity contribution < 1.29 is 5.11 Å². The van der Waals surface area contributed by atoms with Crippen molar-refractivity contribution in [2.75, 3.05) is 18.0 Å². The maximum Gasteiger partial charge on any atom is 0.185 e. The molecule has 0 amide bonds. The van der Waals surface area contributed by atoms with Gasteiger partial charge in [0.05, 0.1) is 17.2 Å². The number of hydrogen-bond donors (Lipinski definition) is 1. The fourth-order valence-corrected chi connectivity index (χ4v) is 3.62. The largest absolute Gasteiger partial charge is 0.391 e. The first-order valence-corrected chi connectivity index (χ1v) is 8.36. The molecule has 0 spiro atoms. The van der Waals surface area contributed by atoms with E-state index in [4.69, 9.17) is 4.98 Å². The van der Waals surface area contributed by atoms with Gasteiger partial charge in [0.1, 0.15) is 0 Å². The molecule has 1 fully saturated rings. The molecule has 2 rings (SSSR count). The molecule has 108 valence electrons. The third kappa shape index (κ3) is 3.29. The second-order valence-electron chi connectivity index (χ2n) is 5.61. The number of hydrogen-bond acceptors (Lipinski definition) is 4. The number of aliphatic hydroxyl groups excluding tert-OH is 1. The Morgan fingerprint density at radius 1 is 1.42 bits per heavy atom. The molecule has 0 saturated heterocycles. The quantitative estimate of drug-likeness (QED) is 0.827. The highest BCUT2D eigenvalue weighted by molar-refractivity contribution is 7.15. The van der Waals surface area contributed by atoms with E-state index >= 15 is 0 Å². The Kier molecular flexibility index (Phi) is 5.22. The number of aliphatic hydroxyl groups is 1. The van der Waals surface area contributed by atoms with Crippen LogP contribution in [0.15, 0.2) is 0 Å². The summed E-state index contributed by atoms with van der Waals surface area (Å²) >= 11 is 1.68. The maximum atomic E-state index is 9.52. The fraction of sp³-hybridized carbons (Fsp3) is 0.800. The Bertz CT molecular complexity index is 401. The lowest BCUT2D eigenvalue weighted by Crippen LogP contribution is -2.32. The minimum atomic E-state index is 0.123. The molecule has 0 radical (unpaired) electrons. The second-order valence-corrected chi connectivity index (χ2v) is 6.67. The molecular weight excluding hydrogens is 256 g/mol. The standard InChI is InChI=1S/C15H26N2OS/c1-4-11(3)14-13(10-18)19-15(16-14)17(5-2)9-12-7-6-8-12/h11-12,18H,4-10H2,1-3H3. The molecule has 1 heterocycles. The van der Waals surface area contributed by atoms with Crippen LogP contribution in [0.1, 0.15) is 62.9 Å². The maximum absolute atomic E-state index is 9.52. The van der Waals surface area contributed by atoms with Crippen LogP contribution < -0.4 is 4.90 Å². The summed E-state index contributed by atoms with van der Waals surface area (Å²) in [7, 11) is 0. The van der Waals surface area contributed by atoms with Crippen molar-refractivity contribution in [2.45, 2.75) is 59.0 Å².